The third kappa shape index (κ3) is 3.81. The van der Waals surface area contributed by atoms with Crippen molar-refractivity contribution in [2.75, 3.05) is 12.3 Å². The first kappa shape index (κ1) is 15.9. The highest BCUT2D eigenvalue weighted by atomic mass is 32.2. The molecule has 118 valence electrons. The van der Waals surface area contributed by atoms with Crippen LogP contribution in [-0.4, -0.2) is 52.5 Å². The van der Waals surface area contributed by atoms with Gasteiger partial charge in [-0.3, -0.25) is 0 Å². The van der Waals surface area contributed by atoms with Crippen LogP contribution >= 0.6 is 0 Å². The fourth-order valence-electron chi connectivity index (χ4n) is 2.10. The number of sulfone groups is 1. The first-order chi connectivity index (χ1) is 9.99. The number of hydrogen-bond acceptors (Lipinski definition) is 5. The van der Waals surface area contributed by atoms with Gasteiger partial charge in [-0.05, 0) is 25.7 Å². The molecule has 1 heterocycles. The number of unbranched alkanes of at least 4 members (excludes halogenated alkanes) is 1. The van der Waals surface area contributed by atoms with Crippen LogP contribution in [0, 0.1) is 0 Å². The minimum absolute atomic E-state index is 0.0169. The van der Waals surface area contributed by atoms with E-state index in [0.29, 0.717) is 13.0 Å². The molecular weight excluding hydrogens is 292 g/mol. The Morgan fingerprint density at radius 1 is 1.38 bits per heavy atom. The van der Waals surface area contributed by atoms with Gasteiger partial charge >= 0.3 is 6.03 Å². The summed E-state index contributed by atoms with van der Waals surface area (Å²) in [7, 11) is -3.49. The maximum absolute atomic E-state index is 12.4. The summed E-state index contributed by atoms with van der Waals surface area (Å²) >= 11 is 0. The molecule has 1 aliphatic rings. The van der Waals surface area contributed by atoms with Crippen molar-refractivity contribution in [3.05, 3.63) is 6.33 Å². The Labute approximate surface area is 125 Å². The molecule has 0 atom stereocenters. The van der Waals surface area contributed by atoms with Gasteiger partial charge in [0.25, 0.3) is 5.16 Å². The van der Waals surface area contributed by atoms with Crippen LogP contribution in [0.4, 0.5) is 4.79 Å². The van der Waals surface area contributed by atoms with E-state index in [4.69, 9.17) is 0 Å². The second-order valence-corrected chi connectivity index (χ2v) is 7.35. The van der Waals surface area contributed by atoms with Gasteiger partial charge in [0.2, 0.25) is 9.84 Å². The number of carbonyl (C=O) groups is 1. The van der Waals surface area contributed by atoms with Gasteiger partial charge in [-0.15, -0.1) is 5.10 Å². The molecule has 0 aromatic carbocycles. The average Bonchev–Trinajstić information content (AvgIpc) is 3.16. The standard InChI is InChI=1S/C13H22N4O3S/c1-3-5-9-21(19,20)12-14-10-17(15-12)13(18)16(8-4-2)11-6-7-11/h10-11H,3-9H2,1-2H3. The van der Waals surface area contributed by atoms with E-state index in [1.807, 2.05) is 13.8 Å². The lowest BCUT2D eigenvalue weighted by atomic mass is 10.4. The molecule has 1 amide bonds. The van der Waals surface area contributed by atoms with Crippen LogP contribution in [0.3, 0.4) is 0 Å². The highest BCUT2D eigenvalue weighted by Gasteiger charge is 2.33. The van der Waals surface area contributed by atoms with E-state index in [1.54, 1.807) is 4.90 Å². The molecule has 21 heavy (non-hydrogen) atoms. The fraction of sp³-hybridized carbons (Fsp3) is 0.769. The molecule has 8 heteroatoms. The second kappa shape index (κ2) is 6.55. The van der Waals surface area contributed by atoms with Gasteiger partial charge in [0.1, 0.15) is 6.33 Å². The average molecular weight is 314 g/mol. The van der Waals surface area contributed by atoms with Crippen molar-refractivity contribution in [3.63, 3.8) is 0 Å². The Balaban J connectivity index is 2.13. The predicted molar refractivity (Wildman–Crippen MR) is 77.8 cm³/mol. The van der Waals surface area contributed by atoms with E-state index >= 15 is 0 Å². The monoisotopic (exact) mass is 314 g/mol. The van der Waals surface area contributed by atoms with E-state index in [9.17, 15) is 13.2 Å². The largest absolute Gasteiger partial charge is 0.346 e. The first-order valence-corrected chi connectivity index (χ1v) is 9.10. The second-order valence-electron chi connectivity index (χ2n) is 5.35. The summed E-state index contributed by atoms with van der Waals surface area (Å²) in [6.07, 6.45) is 5.41. The first-order valence-electron chi connectivity index (χ1n) is 7.45. The van der Waals surface area contributed by atoms with Gasteiger partial charge in [0.15, 0.2) is 0 Å². The van der Waals surface area contributed by atoms with Gasteiger partial charge in [0.05, 0.1) is 5.75 Å². The van der Waals surface area contributed by atoms with Crippen LogP contribution in [-0.2, 0) is 9.84 Å². The molecule has 0 bridgehead atoms. The molecule has 0 aliphatic heterocycles. The molecule has 2 rings (SSSR count). The van der Waals surface area contributed by atoms with Crippen molar-refractivity contribution in [1.29, 1.82) is 0 Å². The van der Waals surface area contributed by atoms with Gasteiger partial charge in [-0.25, -0.2) is 18.2 Å². The zero-order valence-electron chi connectivity index (χ0n) is 12.5. The highest BCUT2D eigenvalue weighted by Crippen LogP contribution is 2.27. The topological polar surface area (TPSA) is 85.2 Å². The molecule has 0 N–H and O–H groups in total. The lowest BCUT2D eigenvalue weighted by molar-refractivity contribution is 0.193. The smallest absolute Gasteiger partial charge is 0.320 e. The van der Waals surface area contributed by atoms with E-state index in [-0.39, 0.29) is 23.0 Å². The SMILES string of the molecule is CCCCS(=O)(=O)c1ncn(C(=O)N(CCC)C2CC2)n1. The van der Waals surface area contributed by atoms with Crippen LogP contribution < -0.4 is 0 Å². The van der Waals surface area contributed by atoms with Gasteiger partial charge < -0.3 is 4.90 Å². The number of aromatic nitrogens is 3. The maximum Gasteiger partial charge on any atom is 0.346 e. The summed E-state index contributed by atoms with van der Waals surface area (Å²) in [4.78, 5) is 17.9. The quantitative estimate of drug-likeness (QED) is 0.764. The minimum atomic E-state index is -3.49. The Morgan fingerprint density at radius 3 is 2.67 bits per heavy atom. The fourth-order valence-corrected chi connectivity index (χ4v) is 3.37. The normalized spacial score (nSPS) is 15.1. The number of rotatable bonds is 7. The van der Waals surface area contributed by atoms with Crippen molar-refractivity contribution in [1.82, 2.24) is 19.7 Å². The Hall–Kier alpha value is -1.44. The van der Waals surface area contributed by atoms with Crippen LogP contribution in [0.15, 0.2) is 11.5 Å². The minimum Gasteiger partial charge on any atom is -0.320 e. The number of hydrogen-bond donors (Lipinski definition) is 0. The predicted octanol–water partition coefficient (Wildman–Crippen LogP) is 1.69. The summed E-state index contributed by atoms with van der Waals surface area (Å²) in [5, 5.41) is 3.62. The number of carbonyl (C=O) groups excluding carboxylic acids is 1. The summed E-state index contributed by atoms with van der Waals surface area (Å²) < 4.78 is 25.1. The van der Waals surface area contributed by atoms with E-state index < -0.39 is 9.84 Å². The third-order valence-electron chi connectivity index (χ3n) is 3.41. The molecule has 1 aromatic rings. The molecule has 7 nitrogen and oxygen atoms in total. The molecule has 1 aromatic heterocycles. The van der Waals surface area contributed by atoms with Crippen LogP contribution in [0.5, 0.6) is 0 Å². The van der Waals surface area contributed by atoms with Crippen molar-refractivity contribution in [3.8, 4) is 0 Å². The van der Waals surface area contributed by atoms with E-state index in [1.165, 1.54) is 6.33 Å². The Kier molecular flexibility index (Phi) is 4.97. The molecule has 0 saturated heterocycles. The highest BCUT2D eigenvalue weighted by molar-refractivity contribution is 7.91. The molecule has 1 aliphatic carbocycles. The number of amides is 1. The van der Waals surface area contributed by atoms with Crippen LogP contribution in [0.2, 0.25) is 0 Å². The molecule has 1 fully saturated rings. The van der Waals surface area contributed by atoms with Gasteiger partial charge in [-0.1, -0.05) is 20.3 Å². The van der Waals surface area contributed by atoms with Crippen molar-refractivity contribution < 1.29 is 13.2 Å². The third-order valence-corrected chi connectivity index (χ3v) is 4.98. The summed E-state index contributed by atoms with van der Waals surface area (Å²) in [5.74, 6) is 0.0169. The van der Waals surface area contributed by atoms with Crippen molar-refractivity contribution in [2.45, 2.75) is 57.1 Å². The lowest BCUT2D eigenvalue weighted by Crippen LogP contribution is -2.37. The van der Waals surface area contributed by atoms with Crippen LogP contribution in [0.25, 0.3) is 0 Å². The van der Waals surface area contributed by atoms with Crippen molar-refractivity contribution in [2.24, 2.45) is 0 Å². The molecule has 1 saturated carbocycles. The van der Waals surface area contributed by atoms with Gasteiger partial charge in [0, 0.05) is 12.6 Å². The zero-order chi connectivity index (χ0) is 15.5. The summed E-state index contributed by atoms with van der Waals surface area (Å²) in [6, 6.07) is -0.0226. The maximum atomic E-state index is 12.4. The summed E-state index contributed by atoms with van der Waals surface area (Å²) in [6.45, 7) is 4.58. The molecule has 0 spiro atoms. The molecular formula is C13H22N4O3S. The zero-order valence-corrected chi connectivity index (χ0v) is 13.3. The number of nitrogens with zero attached hydrogens (tertiary/aromatic N) is 4. The molecule has 0 radical (unpaired) electrons. The lowest BCUT2D eigenvalue weighted by Gasteiger charge is -2.20. The van der Waals surface area contributed by atoms with Gasteiger partial charge in [-0.2, -0.15) is 4.68 Å². The van der Waals surface area contributed by atoms with Crippen molar-refractivity contribution >= 4 is 15.9 Å². The summed E-state index contributed by atoms with van der Waals surface area (Å²) in [5.41, 5.74) is 0. The van der Waals surface area contributed by atoms with E-state index in [0.717, 1.165) is 30.4 Å². The molecule has 0 unspecified atom stereocenters. The van der Waals surface area contributed by atoms with E-state index in [2.05, 4.69) is 10.1 Å². The Bertz CT molecular complexity index is 592. The Morgan fingerprint density at radius 2 is 2.10 bits per heavy atom. The van der Waals surface area contributed by atoms with Crippen LogP contribution in [0.1, 0.15) is 46.0 Å².